The molecule has 0 saturated carbocycles. The normalized spacial score (nSPS) is 20.1. The number of hydrogen-bond acceptors (Lipinski definition) is 3. The van der Waals surface area contributed by atoms with Gasteiger partial charge in [0, 0.05) is 31.7 Å². The highest BCUT2D eigenvalue weighted by Gasteiger charge is 2.28. The maximum atomic E-state index is 13.8. The largest absolute Gasteiger partial charge is 0.388 e. The number of carbonyl (C=O) groups excluding carboxylic acids is 1. The first-order valence-electron chi connectivity index (χ1n) is 8.16. The molecule has 0 aliphatic carbocycles. The zero-order valence-electron chi connectivity index (χ0n) is 14.3. The zero-order valence-corrected chi connectivity index (χ0v) is 14.3. The monoisotopic (exact) mass is 341 g/mol. The summed E-state index contributed by atoms with van der Waals surface area (Å²) >= 11 is 0. The Kier molecular flexibility index (Phi) is 5.64. The third kappa shape index (κ3) is 4.56. The Labute approximate surface area is 141 Å². The summed E-state index contributed by atoms with van der Waals surface area (Å²) in [5.74, 6) is -1.20. The molecule has 1 heterocycles. The predicted molar refractivity (Wildman–Crippen MR) is 89.0 cm³/mol. The van der Waals surface area contributed by atoms with Crippen LogP contribution >= 0.6 is 0 Å². The highest BCUT2D eigenvalue weighted by atomic mass is 19.1. The van der Waals surface area contributed by atoms with Crippen LogP contribution in [0.4, 0.5) is 19.3 Å². The number of rotatable bonds is 5. The van der Waals surface area contributed by atoms with Gasteiger partial charge in [0.15, 0.2) is 0 Å². The van der Waals surface area contributed by atoms with Crippen LogP contribution in [0.15, 0.2) is 18.2 Å². The van der Waals surface area contributed by atoms with E-state index in [1.165, 1.54) is 12.1 Å². The summed E-state index contributed by atoms with van der Waals surface area (Å²) in [6.45, 7) is 6.62. The summed E-state index contributed by atoms with van der Waals surface area (Å²) in [7, 11) is 0. The number of aliphatic hydroxyl groups is 1. The molecule has 2 atom stereocenters. The van der Waals surface area contributed by atoms with Gasteiger partial charge in [-0.3, -0.25) is 0 Å². The summed E-state index contributed by atoms with van der Waals surface area (Å²) in [5.41, 5.74) is -0.639. The van der Waals surface area contributed by atoms with E-state index in [0.29, 0.717) is 25.2 Å². The number of hydrogen-bond donors (Lipinski definition) is 3. The fourth-order valence-corrected chi connectivity index (χ4v) is 2.53. The fourth-order valence-electron chi connectivity index (χ4n) is 2.53. The van der Waals surface area contributed by atoms with Gasteiger partial charge in [0.2, 0.25) is 0 Å². The van der Waals surface area contributed by atoms with E-state index < -0.39 is 17.2 Å². The minimum absolute atomic E-state index is 0.0150. The van der Waals surface area contributed by atoms with Crippen molar-refractivity contribution in [3.05, 3.63) is 29.8 Å². The molecule has 0 spiro atoms. The highest BCUT2D eigenvalue weighted by molar-refractivity contribution is 5.74. The van der Waals surface area contributed by atoms with Crippen molar-refractivity contribution >= 4 is 11.7 Å². The molecule has 1 aliphatic heterocycles. The van der Waals surface area contributed by atoms with Gasteiger partial charge in [-0.2, -0.15) is 0 Å². The average molecular weight is 341 g/mol. The lowest BCUT2D eigenvalue weighted by atomic mass is 9.93. The van der Waals surface area contributed by atoms with Crippen LogP contribution < -0.4 is 15.5 Å². The van der Waals surface area contributed by atoms with Gasteiger partial charge in [-0.25, -0.2) is 13.6 Å². The van der Waals surface area contributed by atoms with Gasteiger partial charge < -0.3 is 20.6 Å². The zero-order chi connectivity index (χ0) is 17.9. The van der Waals surface area contributed by atoms with E-state index in [9.17, 15) is 18.7 Å². The summed E-state index contributed by atoms with van der Waals surface area (Å²) in [5, 5.41) is 15.6. The molecule has 24 heavy (non-hydrogen) atoms. The summed E-state index contributed by atoms with van der Waals surface area (Å²) in [4.78, 5) is 13.7. The maximum absolute atomic E-state index is 13.8. The Hall–Kier alpha value is -1.89. The molecule has 3 N–H and O–H groups in total. The molecule has 2 amide bonds. The van der Waals surface area contributed by atoms with Crippen molar-refractivity contribution in [3.63, 3.8) is 0 Å². The van der Waals surface area contributed by atoms with Crippen LogP contribution in [0.3, 0.4) is 0 Å². The maximum Gasteiger partial charge on any atom is 0.315 e. The van der Waals surface area contributed by atoms with E-state index in [0.717, 1.165) is 6.07 Å². The van der Waals surface area contributed by atoms with Crippen LogP contribution in [0.5, 0.6) is 0 Å². The van der Waals surface area contributed by atoms with E-state index >= 15 is 0 Å². The Morgan fingerprint density at radius 3 is 2.79 bits per heavy atom. The van der Waals surface area contributed by atoms with Crippen molar-refractivity contribution < 1.29 is 18.7 Å². The van der Waals surface area contributed by atoms with Gasteiger partial charge in [-0.15, -0.1) is 0 Å². The molecule has 2 rings (SSSR count). The number of amides is 2. The Morgan fingerprint density at radius 2 is 2.17 bits per heavy atom. The Morgan fingerprint density at radius 1 is 1.46 bits per heavy atom. The van der Waals surface area contributed by atoms with Crippen LogP contribution in [-0.4, -0.2) is 42.4 Å². The van der Waals surface area contributed by atoms with E-state index in [-0.39, 0.29) is 24.5 Å². The number of urea groups is 1. The van der Waals surface area contributed by atoms with Crippen LogP contribution in [-0.2, 0) is 0 Å². The fraction of sp³-hybridized carbons (Fsp3) is 0.588. The van der Waals surface area contributed by atoms with Gasteiger partial charge in [-0.05, 0) is 31.4 Å². The quantitative estimate of drug-likeness (QED) is 0.770. The molecule has 0 radical (unpaired) electrons. The average Bonchev–Trinajstić information content (AvgIpc) is 2.93. The number of benzene rings is 1. The van der Waals surface area contributed by atoms with E-state index in [1.807, 2.05) is 13.8 Å². The van der Waals surface area contributed by atoms with Crippen molar-refractivity contribution in [1.29, 1.82) is 0 Å². The van der Waals surface area contributed by atoms with Crippen LogP contribution in [0.2, 0.25) is 0 Å². The first kappa shape index (κ1) is 18.4. The van der Waals surface area contributed by atoms with Crippen molar-refractivity contribution in [2.75, 3.05) is 24.5 Å². The topological polar surface area (TPSA) is 64.6 Å². The minimum atomic E-state index is -0.976. The molecule has 1 saturated heterocycles. The molecule has 1 aromatic carbocycles. The summed E-state index contributed by atoms with van der Waals surface area (Å²) in [6, 6.07) is 3.00. The van der Waals surface area contributed by atoms with Gasteiger partial charge in [-0.1, -0.05) is 13.8 Å². The number of anilines is 1. The van der Waals surface area contributed by atoms with E-state index in [1.54, 1.807) is 11.8 Å². The molecule has 2 unspecified atom stereocenters. The molecule has 134 valence electrons. The summed E-state index contributed by atoms with van der Waals surface area (Å²) in [6.07, 6.45) is 0.671. The van der Waals surface area contributed by atoms with Crippen molar-refractivity contribution in [2.45, 2.75) is 38.8 Å². The first-order chi connectivity index (χ1) is 11.2. The van der Waals surface area contributed by atoms with Crippen LogP contribution in [0, 0.1) is 17.6 Å². The molecule has 1 aromatic rings. The Bertz CT molecular complexity index is 593. The second-order valence-corrected chi connectivity index (χ2v) is 6.87. The van der Waals surface area contributed by atoms with E-state index in [2.05, 4.69) is 10.6 Å². The predicted octanol–water partition coefficient (Wildman–Crippen LogP) is 2.25. The SMILES string of the molecule is CC(C)C(C)(O)CNC(=O)NC1CCN(c2ccc(F)cc2F)C1. The third-order valence-corrected chi connectivity index (χ3v) is 4.62. The van der Waals surface area contributed by atoms with Crippen LogP contribution in [0.25, 0.3) is 0 Å². The van der Waals surface area contributed by atoms with Gasteiger partial charge >= 0.3 is 6.03 Å². The number of nitrogens with one attached hydrogen (secondary N) is 2. The van der Waals surface area contributed by atoms with Gasteiger partial charge in [0.25, 0.3) is 0 Å². The Balaban J connectivity index is 1.84. The van der Waals surface area contributed by atoms with Crippen molar-refractivity contribution in [3.8, 4) is 0 Å². The van der Waals surface area contributed by atoms with Crippen molar-refractivity contribution in [2.24, 2.45) is 5.92 Å². The molecular weight excluding hydrogens is 316 g/mol. The molecule has 0 aromatic heterocycles. The minimum Gasteiger partial charge on any atom is -0.388 e. The number of carbonyl (C=O) groups is 1. The molecule has 1 aliphatic rings. The van der Waals surface area contributed by atoms with E-state index in [4.69, 9.17) is 0 Å². The smallest absolute Gasteiger partial charge is 0.315 e. The van der Waals surface area contributed by atoms with Gasteiger partial charge in [0.05, 0.1) is 11.3 Å². The molecule has 7 heteroatoms. The lowest BCUT2D eigenvalue weighted by Crippen LogP contribution is -2.50. The molecule has 5 nitrogen and oxygen atoms in total. The first-order valence-corrected chi connectivity index (χ1v) is 8.16. The molecule has 1 fully saturated rings. The third-order valence-electron chi connectivity index (χ3n) is 4.62. The van der Waals surface area contributed by atoms with Gasteiger partial charge in [0.1, 0.15) is 11.6 Å². The number of halogens is 2. The molecular formula is C17H25F2N3O2. The van der Waals surface area contributed by atoms with Crippen molar-refractivity contribution in [1.82, 2.24) is 10.6 Å². The number of nitrogens with zero attached hydrogens (tertiary/aromatic N) is 1. The van der Waals surface area contributed by atoms with Crippen LogP contribution in [0.1, 0.15) is 27.2 Å². The standard InChI is InChI=1S/C17H25F2N3O2/c1-11(2)17(3,24)10-20-16(23)21-13-6-7-22(9-13)15-5-4-12(18)8-14(15)19/h4-5,8,11,13,24H,6-7,9-10H2,1-3H3,(H2,20,21,23). The lowest BCUT2D eigenvalue weighted by molar-refractivity contribution is 0.0165. The summed E-state index contributed by atoms with van der Waals surface area (Å²) < 4.78 is 26.8. The lowest BCUT2D eigenvalue weighted by Gasteiger charge is -2.28. The molecule has 0 bridgehead atoms. The highest BCUT2D eigenvalue weighted by Crippen LogP contribution is 2.24. The second kappa shape index (κ2) is 7.34. The second-order valence-electron chi connectivity index (χ2n) is 6.87.